The standard InChI is InChI=1S/C56H109NO4/c1-3-5-7-9-11-13-15-17-18-19-20-21-22-23-24-25-26-27-28-29-30-31-32-33-34-35-36-37-38-39-41-43-45-47-49-51-55(60)57-53(52-58)56(61)54(59)50-48-46-44-42-40-16-14-12-10-8-6-4-2/h25-26,42,44,53-54,56,58-59,61H,3-24,27-41,43,45-52H2,1-2H3,(H,57,60)/b26-25-,44-42+. The van der Waals surface area contributed by atoms with Crippen molar-refractivity contribution in [1.29, 1.82) is 0 Å². The van der Waals surface area contributed by atoms with Crippen molar-refractivity contribution in [2.24, 2.45) is 0 Å². The Morgan fingerprint density at radius 3 is 0.951 bits per heavy atom. The molecule has 0 bridgehead atoms. The van der Waals surface area contributed by atoms with Crippen molar-refractivity contribution in [3.63, 3.8) is 0 Å². The molecule has 0 saturated carbocycles. The summed E-state index contributed by atoms with van der Waals surface area (Å²) in [6.07, 6.45) is 65.0. The Bertz CT molecular complexity index is 905. The topological polar surface area (TPSA) is 89.8 Å². The number of unbranched alkanes of at least 4 members (excludes halogenated alkanes) is 39. The third-order valence-electron chi connectivity index (χ3n) is 13.0. The molecule has 0 fully saturated rings. The van der Waals surface area contributed by atoms with E-state index in [-0.39, 0.29) is 12.5 Å². The predicted molar refractivity (Wildman–Crippen MR) is 268 cm³/mol. The molecule has 3 atom stereocenters. The summed E-state index contributed by atoms with van der Waals surface area (Å²) in [6, 6.07) is -0.823. The van der Waals surface area contributed by atoms with Gasteiger partial charge in [0.1, 0.15) is 6.10 Å². The monoisotopic (exact) mass is 860 g/mol. The first-order valence-corrected chi connectivity index (χ1v) is 27.6. The molecule has 5 nitrogen and oxygen atoms in total. The number of hydrogen-bond donors (Lipinski definition) is 4. The predicted octanol–water partition coefficient (Wildman–Crippen LogP) is 16.9. The molecule has 0 heterocycles. The second kappa shape index (κ2) is 51.5. The van der Waals surface area contributed by atoms with E-state index in [4.69, 9.17) is 0 Å². The number of amides is 1. The van der Waals surface area contributed by atoms with Crippen LogP contribution in [-0.2, 0) is 4.79 Å². The maximum atomic E-state index is 12.5. The highest BCUT2D eigenvalue weighted by Gasteiger charge is 2.26. The van der Waals surface area contributed by atoms with Crippen LogP contribution in [0.3, 0.4) is 0 Å². The van der Waals surface area contributed by atoms with Gasteiger partial charge in [-0.15, -0.1) is 0 Å². The number of aliphatic hydroxyl groups is 3. The molecule has 0 aliphatic heterocycles. The molecule has 0 saturated heterocycles. The molecule has 0 aromatic heterocycles. The number of aliphatic hydroxyl groups excluding tert-OH is 3. The lowest BCUT2D eigenvalue weighted by atomic mass is 10.0. The number of carbonyl (C=O) groups excluding carboxylic acids is 1. The summed E-state index contributed by atoms with van der Waals surface area (Å²) >= 11 is 0. The summed E-state index contributed by atoms with van der Waals surface area (Å²) in [5.41, 5.74) is 0. The van der Waals surface area contributed by atoms with Crippen molar-refractivity contribution in [3.8, 4) is 0 Å². The van der Waals surface area contributed by atoms with Crippen LogP contribution in [0.25, 0.3) is 0 Å². The fraction of sp³-hybridized carbons (Fsp3) is 0.911. The normalized spacial score (nSPS) is 13.5. The molecule has 0 aliphatic rings. The lowest BCUT2D eigenvalue weighted by molar-refractivity contribution is -0.124. The summed E-state index contributed by atoms with van der Waals surface area (Å²) in [5, 5.41) is 33.5. The second-order valence-corrected chi connectivity index (χ2v) is 19.1. The number of nitrogens with one attached hydrogen (secondary N) is 1. The molecule has 0 aromatic rings. The van der Waals surface area contributed by atoms with Gasteiger partial charge in [-0.25, -0.2) is 0 Å². The number of rotatable bonds is 51. The fourth-order valence-electron chi connectivity index (χ4n) is 8.75. The molecule has 0 rings (SSSR count). The molecular weight excluding hydrogens is 751 g/mol. The van der Waals surface area contributed by atoms with Crippen LogP contribution < -0.4 is 5.32 Å². The average Bonchev–Trinajstić information content (AvgIpc) is 3.26. The maximum Gasteiger partial charge on any atom is 0.220 e. The van der Waals surface area contributed by atoms with E-state index in [9.17, 15) is 20.1 Å². The Balaban J connectivity index is 3.45. The molecule has 362 valence electrons. The Hall–Kier alpha value is -1.17. The summed E-state index contributed by atoms with van der Waals surface area (Å²) in [5.74, 6) is -0.151. The SMILES string of the molecule is CCCCCCCCC/C=C/CCCC(O)C(O)C(CO)NC(=O)CCCCCCCCCCCCCCCCCCC/C=C\CCCCCCCCCCCCCCCC. The van der Waals surface area contributed by atoms with Gasteiger partial charge in [-0.05, 0) is 64.2 Å². The van der Waals surface area contributed by atoms with Gasteiger partial charge in [-0.1, -0.05) is 256 Å². The maximum absolute atomic E-state index is 12.5. The molecule has 0 aliphatic carbocycles. The van der Waals surface area contributed by atoms with Crippen molar-refractivity contribution in [2.75, 3.05) is 6.61 Å². The van der Waals surface area contributed by atoms with Crippen LogP contribution in [0.4, 0.5) is 0 Å². The molecule has 61 heavy (non-hydrogen) atoms. The lowest BCUT2D eigenvalue weighted by Crippen LogP contribution is -2.50. The van der Waals surface area contributed by atoms with Gasteiger partial charge < -0.3 is 20.6 Å². The fourth-order valence-corrected chi connectivity index (χ4v) is 8.75. The zero-order valence-corrected chi connectivity index (χ0v) is 41.3. The second-order valence-electron chi connectivity index (χ2n) is 19.1. The summed E-state index contributed by atoms with van der Waals surface area (Å²) < 4.78 is 0. The van der Waals surface area contributed by atoms with E-state index in [2.05, 4.69) is 43.5 Å². The molecule has 0 radical (unpaired) electrons. The summed E-state index contributed by atoms with van der Waals surface area (Å²) in [7, 11) is 0. The average molecular weight is 860 g/mol. The Labute approximate surface area is 382 Å². The summed E-state index contributed by atoms with van der Waals surface area (Å²) in [6.45, 7) is 4.18. The van der Waals surface area contributed by atoms with Gasteiger partial charge in [0.15, 0.2) is 0 Å². The quantitative estimate of drug-likeness (QED) is 0.0362. The zero-order chi connectivity index (χ0) is 44.4. The number of hydrogen-bond acceptors (Lipinski definition) is 4. The Kier molecular flexibility index (Phi) is 50.5. The van der Waals surface area contributed by atoms with Gasteiger partial charge in [-0.2, -0.15) is 0 Å². The van der Waals surface area contributed by atoms with E-state index < -0.39 is 18.2 Å². The van der Waals surface area contributed by atoms with Crippen LogP contribution in [-0.4, -0.2) is 46.1 Å². The van der Waals surface area contributed by atoms with Crippen LogP contribution in [0.2, 0.25) is 0 Å². The minimum Gasteiger partial charge on any atom is -0.394 e. The van der Waals surface area contributed by atoms with Gasteiger partial charge in [-0.3, -0.25) is 4.79 Å². The van der Waals surface area contributed by atoms with E-state index in [1.807, 2.05) is 0 Å². The van der Waals surface area contributed by atoms with E-state index in [1.54, 1.807) is 0 Å². The van der Waals surface area contributed by atoms with Crippen LogP contribution in [0, 0.1) is 0 Å². The van der Waals surface area contributed by atoms with E-state index in [1.165, 1.54) is 238 Å². The van der Waals surface area contributed by atoms with Gasteiger partial charge in [0.2, 0.25) is 5.91 Å². The van der Waals surface area contributed by atoms with Gasteiger partial charge in [0.05, 0.1) is 18.8 Å². The molecule has 5 heteroatoms. The first-order chi connectivity index (χ1) is 30.1. The first kappa shape index (κ1) is 59.8. The number of allylic oxidation sites excluding steroid dienone is 4. The number of carbonyl (C=O) groups is 1. The van der Waals surface area contributed by atoms with Crippen molar-refractivity contribution < 1.29 is 20.1 Å². The van der Waals surface area contributed by atoms with Crippen molar-refractivity contribution >= 4 is 5.91 Å². The van der Waals surface area contributed by atoms with Crippen molar-refractivity contribution in [1.82, 2.24) is 5.32 Å². The minimum absolute atomic E-state index is 0.151. The van der Waals surface area contributed by atoms with E-state index in [0.717, 1.165) is 38.5 Å². The summed E-state index contributed by atoms with van der Waals surface area (Å²) in [4.78, 5) is 12.5. The molecular formula is C56H109NO4. The first-order valence-electron chi connectivity index (χ1n) is 27.6. The highest BCUT2D eigenvalue weighted by atomic mass is 16.3. The smallest absolute Gasteiger partial charge is 0.220 e. The zero-order valence-electron chi connectivity index (χ0n) is 41.3. The van der Waals surface area contributed by atoms with E-state index in [0.29, 0.717) is 12.8 Å². The molecule has 1 amide bonds. The highest BCUT2D eigenvalue weighted by molar-refractivity contribution is 5.76. The Morgan fingerprint density at radius 2 is 0.656 bits per heavy atom. The van der Waals surface area contributed by atoms with Crippen LogP contribution in [0.1, 0.15) is 303 Å². The highest BCUT2D eigenvalue weighted by Crippen LogP contribution is 2.17. The van der Waals surface area contributed by atoms with Gasteiger partial charge in [0, 0.05) is 6.42 Å². The third kappa shape index (κ3) is 46.6. The Morgan fingerprint density at radius 1 is 0.393 bits per heavy atom. The van der Waals surface area contributed by atoms with Crippen LogP contribution in [0.15, 0.2) is 24.3 Å². The van der Waals surface area contributed by atoms with Crippen LogP contribution >= 0.6 is 0 Å². The third-order valence-corrected chi connectivity index (χ3v) is 13.0. The molecule has 3 unspecified atom stereocenters. The van der Waals surface area contributed by atoms with Crippen molar-refractivity contribution in [3.05, 3.63) is 24.3 Å². The minimum atomic E-state index is -1.16. The molecule has 4 N–H and O–H groups in total. The van der Waals surface area contributed by atoms with Gasteiger partial charge in [0.25, 0.3) is 0 Å². The largest absolute Gasteiger partial charge is 0.394 e. The molecule has 0 spiro atoms. The van der Waals surface area contributed by atoms with E-state index >= 15 is 0 Å². The van der Waals surface area contributed by atoms with Crippen molar-refractivity contribution in [2.45, 2.75) is 321 Å². The lowest BCUT2D eigenvalue weighted by Gasteiger charge is -2.26. The molecule has 0 aromatic carbocycles. The van der Waals surface area contributed by atoms with Gasteiger partial charge >= 0.3 is 0 Å². The van der Waals surface area contributed by atoms with Crippen LogP contribution in [0.5, 0.6) is 0 Å².